The van der Waals surface area contributed by atoms with Crippen LogP contribution in [-0.4, -0.2) is 11.9 Å². The molecule has 1 aliphatic rings. The molecule has 0 amide bonds. The van der Waals surface area contributed by atoms with Gasteiger partial charge in [0.1, 0.15) is 11.9 Å². The highest BCUT2D eigenvalue weighted by molar-refractivity contribution is 6.13. The van der Waals surface area contributed by atoms with Crippen LogP contribution in [0.15, 0.2) is 78.9 Å². The van der Waals surface area contributed by atoms with Gasteiger partial charge in [-0.1, -0.05) is 73.3 Å². The Balaban J connectivity index is 2.03. The zero-order valence-corrected chi connectivity index (χ0v) is 11.7. The quantitative estimate of drug-likeness (QED) is 0.616. The van der Waals surface area contributed by atoms with Crippen molar-refractivity contribution in [1.82, 2.24) is 0 Å². The van der Waals surface area contributed by atoms with Gasteiger partial charge in [0.15, 0.2) is 5.78 Å². The van der Waals surface area contributed by atoms with Crippen LogP contribution in [0.4, 0.5) is 0 Å². The number of hydrogen-bond acceptors (Lipinski definition) is 2. The summed E-state index contributed by atoms with van der Waals surface area (Å²) in [4.78, 5) is 12.7. The molecule has 0 unspecified atom stereocenters. The van der Waals surface area contributed by atoms with E-state index in [2.05, 4.69) is 6.58 Å². The third kappa shape index (κ3) is 2.65. The Morgan fingerprint density at radius 2 is 1.67 bits per heavy atom. The van der Waals surface area contributed by atoms with Crippen molar-refractivity contribution in [2.24, 2.45) is 0 Å². The molecule has 0 aliphatic carbocycles. The van der Waals surface area contributed by atoms with Crippen LogP contribution in [0.2, 0.25) is 0 Å². The third-order valence-corrected chi connectivity index (χ3v) is 3.56. The lowest BCUT2D eigenvalue weighted by molar-refractivity contribution is 0.103. The van der Waals surface area contributed by atoms with Gasteiger partial charge < -0.3 is 4.74 Å². The molecule has 0 radical (unpaired) electrons. The molecule has 0 saturated heterocycles. The van der Waals surface area contributed by atoms with E-state index in [1.165, 1.54) is 0 Å². The van der Waals surface area contributed by atoms with E-state index in [0.717, 1.165) is 11.1 Å². The first-order valence-corrected chi connectivity index (χ1v) is 6.97. The monoisotopic (exact) mass is 276 g/mol. The molecule has 3 rings (SSSR count). The van der Waals surface area contributed by atoms with Crippen LogP contribution in [0.5, 0.6) is 0 Å². The second kappa shape index (κ2) is 5.80. The average Bonchev–Trinajstić information content (AvgIpc) is 3.00. The Morgan fingerprint density at radius 3 is 2.29 bits per heavy atom. The van der Waals surface area contributed by atoms with E-state index in [9.17, 15) is 4.79 Å². The largest absolute Gasteiger partial charge is 0.485 e. The average molecular weight is 276 g/mol. The molecule has 2 aromatic carbocycles. The molecule has 0 aromatic heterocycles. The van der Waals surface area contributed by atoms with Crippen LogP contribution >= 0.6 is 0 Å². The number of benzene rings is 2. The van der Waals surface area contributed by atoms with Gasteiger partial charge in [-0.05, 0) is 0 Å². The van der Waals surface area contributed by atoms with Crippen LogP contribution in [0.1, 0.15) is 22.3 Å². The van der Waals surface area contributed by atoms with Crippen molar-refractivity contribution in [3.63, 3.8) is 0 Å². The molecule has 2 aromatic rings. The van der Waals surface area contributed by atoms with Gasteiger partial charge in [0, 0.05) is 23.1 Å². The second-order valence-corrected chi connectivity index (χ2v) is 4.96. The highest BCUT2D eigenvalue weighted by Crippen LogP contribution is 2.34. The second-order valence-electron chi connectivity index (χ2n) is 4.96. The van der Waals surface area contributed by atoms with Crippen molar-refractivity contribution in [1.29, 1.82) is 0 Å². The first kappa shape index (κ1) is 13.4. The summed E-state index contributed by atoms with van der Waals surface area (Å²) in [6.45, 7) is 3.77. The lowest BCUT2D eigenvalue weighted by Crippen LogP contribution is -2.05. The molecule has 1 heterocycles. The van der Waals surface area contributed by atoms with Gasteiger partial charge in [-0.2, -0.15) is 0 Å². The summed E-state index contributed by atoms with van der Waals surface area (Å²) in [5, 5.41) is 0. The third-order valence-electron chi connectivity index (χ3n) is 3.56. The SMILES string of the molecule is C=C[C@@H]1CC(C(=O)c2ccccc2)=C(c2ccccc2)O1. The molecule has 0 saturated carbocycles. The maximum absolute atomic E-state index is 12.7. The Bertz CT molecular complexity index is 684. The Kier molecular flexibility index (Phi) is 3.69. The molecular weight excluding hydrogens is 260 g/mol. The fraction of sp³-hybridized carbons (Fsp3) is 0.105. The van der Waals surface area contributed by atoms with Gasteiger partial charge in [-0.15, -0.1) is 0 Å². The minimum Gasteiger partial charge on any atom is -0.485 e. The fourth-order valence-corrected chi connectivity index (χ4v) is 2.48. The topological polar surface area (TPSA) is 26.3 Å². The van der Waals surface area contributed by atoms with Gasteiger partial charge in [0.2, 0.25) is 0 Å². The van der Waals surface area contributed by atoms with Gasteiger partial charge >= 0.3 is 0 Å². The van der Waals surface area contributed by atoms with Crippen molar-refractivity contribution in [2.75, 3.05) is 0 Å². The Labute approximate surface area is 124 Å². The number of Topliss-reactive ketones (excluding diaryl/α,β-unsaturated/α-hetero) is 1. The van der Waals surface area contributed by atoms with Crippen LogP contribution in [-0.2, 0) is 4.74 Å². The zero-order valence-electron chi connectivity index (χ0n) is 11.7. The molecule has 104 valence electrons. The molecule has 0 N–H and O–H groups in total. The normalized spacial score (nSPS) is 17.4. The molecule has 2 heteroatoms. The van der Waals surface area contributed by atoms with Gasteiger partial charge in [0.05, 0.1) is 0 Å². The van der Waals surface area contributed by atoms with E-state index in [1.807, 2.05) is 60.7 Å². The molecule has 2 nitrogen and oxygen atoms in total. The molecule has 0 fully saturated rings. The summed E-state index contributed by atoms with van der Waals surface area (Å²) in [5.74, 6) is 0.702. The van der Waals surface area contributed by atoms with Crippen molar-refractivity contribution >= 4 is 11.5 Å². The van der Waals surface area contributed by atoms with Gasteiger partial charge in [0.25, 0.3) is 0 Å². The van der Waals surface area contributed by atoms with Crippen molar-refractivity contribution in [3.05, 3.63) is 90.0 Å². The maximum Gasteiger partial charge on any atom is 0.192 e. The molecule has 1 aliphatic heterocycles. The summed E-state index contributed by atoms with van der Waals surface area (Å²) in [6, 6.07) is 19.1. The number of ketones is 1. The number of carbonyl (C=O) groups is 1. The highest BCUT2D eigenvalue weighted by Gasteiger charge is 2.29. The summed E-state index contributed by atoms with van der Waals surface area (Å²) in [5.41, 5.74) is 2.34. The smallest absolute Gasteiger partial charge is 0.192 e. The number of carbonyl (C=O) groups excluding carboxylic acids is 1. The molecular formula is C19H16O2. The van der Waals surface area contributed by atoms with Gasteiger partial charge in [-0.25, -0.2) is 0 Å². The summed E-state index contributed by atoms with van der Waals surface area (Å²) < 4.78 is 5.89. The Morgan fingerprint density at radius 1 is 1.05 bits per heavy atom. The molecule has 21 heavy (non-hydrogen) atoms. The first-order chi connectivity index (χ1) is 10.3. The highest BCUT2D eigenvalue weighted by atomic mass is 16.5. The van der Waals surface area contributed by atoms with Crippen LogP contribution in [0.3, 0.4) is 0 Å². The lowest BCUT2D eigenvalue weighted by atomic mass is 9.97. The predicted octanol–water partition coefficient (Wildman–Crippen LogP) is 4.26. The standard InChI is InChI=1S/C19H16O2/c1-2-16-13-17(18(20)14-9-5-3-6-10-14)19(21-16)15-11-7-4-8-12-15/h2-12,16H,1,13H2/t16-/m1/s1. The summed E-state index contributed by atoms with van der Waals surface area (Å²) in [6.07, 6.45) is 2.18. The van der Waals surface area contributed by atoms with Crippen LogP contribution in [0.25, 0.3) is 5.76 Å². The van der Waals surface area contributed by atoms with Crippen LogP contribution in [0, 0.1) is 0 Å². The van der Waals surface area contributed by atoms with Crippen molar-refractivity contribution < 1.29 is 9.53 Å². The van der Waals surface area contributed by atoms with E-state index < -0.39 is 0 Å². The number of ether oxygens (including phenoxy) is 1. The molecule has 0 bridgehead atoms. The Hall–Kier alpha value is -2.61. The predicted molar refractivity (Wildman–Crippen MR) is 83.8 cm³/mol. The van der Waals surface area contributed by atoms with Crippen LogP contribution < -0.4 is 0 Å². The number of rotatable bonds is 4. The van der Waals surface area contributed by atoms with E-state index >= 15 is 0 Å². The van der Waals surface area contributed by atoms with Crippen molar-refractivity contribution in [3.8, 4) is 0 Å². The number of hydrogen-bond donors (Lipinski definition) is 0. The lowest BCUT2D eigenvalue weighted by Gasteiger charge is -2.08. The molecule has 0 spiro atoms. The molecule has 1 atom stereocenters. The van der Waals surface area contributed by atoms with E-state index in [4.69, 9.17) is 4.74 Å². The minimum atomic E-state index is -0.136. The first-order valence-electron chi connectivity index (χ1n) is 6.97. The maximum atomic E-state index is 12.7. The summed E-state index contributed by atoms with van der Waals surface area (Å²) in [7, 11) is 0. The summed E-state index contributed by atoms with van der Waals surface area (Å²) >= 11 is 0. The minimum absolute atomic E-state index is 0.0267. The zero-order chi connectivity index (χ0) is 14.7. The van der Waals surface area contributed by atoms with E-state index in [-0.39, 0.29) is 11.9 Å². The fourth-order valence-electron chi connectivity index (χ4n) is 2.48. The van der Waals surface area contributed by atoms with Crippen molar-refractivity contribution in [2.45, 2.75) is 12.5 Å². The van der Waals surface area contributed by atoms with E-state index in [0.29, 0.717) is 17.7 Å². The van der Waals surface area contributed by atoms with E-state index in [1.54, 1.807) is 6.08 Å². The van der Waals surface area contributed by atoms with Gasteiger partial charge in [-0.3, -0.25) is 4.79 Å².